The summed E-state index contributed by atoms with van der Waals surface area (Å²) in [6, 6.07) is 3.94. The number of hydrogen-bond donors (Lipinski definition) is 8. The number of benzene rings is 1. The van der Waals surface area contributed by atoms with E-state index in [1.54, 1.807) is 30.3 Å². The number of thiol groups is 1. The SMILES string of the molecule is NC(=O)CCC(NC(=O)C(CS)NC(=O)C(N)Cc1cnc[nH]1)C(=O)NC(Cc1ccccc1)C(=O)O. The van der Waals surface area contributed by atoms with Crippen LogP contribution < -0.4 is 27.4 Å². The van der Waals surface area contributed by atoms with Crippen molar-refractivity contribution in [2.75, 3.05) is 5.75 Å². The van der Waals surface area contributed by atoms with E-state index in [9.17, 15) is 29.1 Å². The van der Waals surface area contributed by atoms with Crippen molar-refractivity contribution in [3.63, 3.8) is 0 Å². The number of carboxylic acids is 1. The van der Waals surface area contributed by atoms with E-state index in [1.165, 1.54) is 12.5 Å². The maximum Gasteiger partial charge on any atom is 0.326 e. The number of carbonyl (C=O) groups is 5. The van der Waals surface area contributed by atoms with E-state index in [0.717, 1.165) is 0 Å². The Labute approximate surface area is 218 Å². The van der Waals surface area contributed by atoms with Gasteiger partial charge in [-0.1, -0.05) is 30.3 Å². The van der Waals surface area contributed by atoms with Gasteiger partial charge >= 0.3 is 5.97 Å². The van der Waals surface area contributed by atoms with Crippen LogP contribution in [-0.2, 0) is 36.8 Å². The van der Waals surface area contributed by atoms with E-state index < -0.39 is 53.8 Å². The Morgan fingerprint density at radius 1 is 0.946 bits per heavy atom. The van der Waals surface area contributed by atoms with Crippen LogP contribution in [-0.4, -0.2) is 74.6 Å². The number of amides is 4. The van der Waals surface area contributed by atoms with E-state index in [4.69, 9.17) is 11.5 Å². The third-order valence-corrected chi connectivity index (χ3v) is 5.72. The van der Waals surface area contributed by atoms with Gasteiger partial charge in [0.15, 0.2) is 0 Å². The minimum absolute atomic E-state index is 0.00193. The fourth-order valence-corrected chi connectivity index (χ4v) is 3.61. The first-order chi connectivity index (χ1) is 17.6. The van der Waals surface area contributed by atoms with Crippen LogP contribution in [0.2, 0.25) is 0 Å². The molecule has 0 radical (unpaired) electrons. The maximum absolute atomic E-state index is 12.9. The monoisotopic (exact) mass is 533 g/mol. The summed E-state index contributed by atoms with van der Waals surface area (Å²) in [5, 5.41) is 16.9. The van der Waals surface area contributed by atoms with E-state index in [-0.39, 0.29) is 31.4 Å². The van der Waals surface area contributed by atoms with E-state index >= 15 is 0 Å². The first-order valence-corrected chi connectivity index (χ1v) is 12.0. The summed E-state index contributed by atoms with van der Waals surface area (Å²) in [5.41, 5.74) is 12.4. The highest BCUT2D eigenvalue weighted by Crippen LogP contribution is 2.06. The molecular weight excluding hydrogens is 502 g/mol. The van der Waals surface area contributed by atoms with Crippen molar-refractivity contribution in [3.8, 4) is 0 Å². The molecule has 4 amide bonds. The lowest BCUT2D eigenvalue weighted by Gasteiger charge is -2.24. The minimum atomic E-state index is -1.30. The Bertz CT molecular complexity index is 1070. The number of nitrogens with zero attached hydrogens (tertiary/aromatic N) is 1. The number of imidazole rings is 1. The van der Waals surface area contributed by atoms with Crippen molar-refractivity contribution >= 4 is 42.2 Å². The van der Waals surface area contributed by atoms with Crippen LogP contribution in [0, 0.1) is 0 Å². The Hall–Kier alpha value is -3.91. The lowest BCUT2D eigenvalue weighted by atomic mass is 10.0. The molecule has 0 saturated carbocycles. The van der Waals surface area contributed by atoms with Crippen molar-refractivity contribution in [3.05, 3.63) is 54.1 Å². The topological polar surface area (TPSA) is 222 Å². The summed E-state index contributed by atoms with van der Waals surface area (Å²) in [6.07, 6.45) is 2.67. The van der Waals surface area contributed by atoms with Gasteiger partial charge in [-0.2, -0.15) is 12.6 Å². The van der Waals surface area contributed by atoms with Gasteiger partial charge in [0.05, 0.1) is 12.4 Å². The number of nitrogens with one attached hydrogen (secondary N) is 4. The summed E-state index contributed by atoms with van der Waals surface area (Å²) in [5.74, 6) is -4.33. The smallest absolute Gasteiger partial charge is 0.326 e. The number of aromatic nitrogens is 2. The largest absolute Gasteiger partial charge is 0.480 e. The quantitative estimate of drug-likeness (QED) is 0.122. The maximum atomic E-state index is 12.9. The van der Waals surface area contributed by atoms with E-state index in [1.807, 2.05) is 0 Å². The number of carboxylic acid groups (broad SMARTS) is 1. The second kappa shape index (κ2) is 14.6. The van der Waals surface area contributed by atoms with Crippen LogP contribution in [0.15, 0.2) is 42.9 Å². The normalized spacial score (nSPS) is 14.0. The Balaban J connectivity index is 2.06. The summed E-state index contributed by atoms with van der Waals surface area (Å²) < 4.78 is 0. The zero-order valence-electron chi connectivity index (χ0n) is 19.9. The van der Waals surface area contributed by atoms with Gasteiger partial charge in [-0.05, 0) is 12.0 Å². The highest BCUT2D eigenvalue weighted by atomic mass is 32.1. The highest BCUT2D eigenvalue weighted by molar-refractivity contribution is 7.80. The Morgan fingerprint density at radius 2 is 1.57 bits per heavy atom. The van der Waals surface area contributed by atoms with Crippen molar-refractivity contribution in [2.24, 2.45) is 11.5 Å². The predicted molar refractivity (Wildman–Crippen MR) is 136 cm³/mol. The van der Waals surface area contributed by atoms with Crippen LogP contribution in [0.4, 0.5) is 0 Å². The van der Waals surface area contributed by atoms with Crippen molar-refractivity contribution in [2.45, 2.75) is 49.9 Å². The van der Waals surface area contributed by atoms with E-state index in [2.05, 4.69) is 38.5 Å². The lowest BCUT2D eigenvalue weighted by molar-refractivity contribution is -0.142. The van der Waals surface area contributed by atoms with Gasteiger partial charge in [-0.25, -0.2) is 9.78 Å². The third-order valence-electron chi connectivity index (χ3n) is 5.36. The number of carbonyl (C=O) groups excluding carboxylic acids is 4. The van der Waals surface area contributed by atoms with Crippen molar-refractivity contribution in [1.82, 2.24) is 25.9 Å². The summed E-state index contributed by atoms with van der Waals surface area (Å²) in [4.78, 5) is 68.0. The molecule has 4 unspecified atom stereocenters. The molecule has 37 heavy (non-hydrogen) atoms. The highest BCUT2D eigenvalue weighted by Gasteiger charge is 2.30. The summed E-state index contributed by atoms with van der Waals surface area (Å²) >= 11 is 4.10. The molecule has 0 aliphatic carbocycles. The van der Waals surface area contributed by atoms with E-state index in [0.29, 0.717) is 11.3 Å². The van der Waals surface area contributed by atoms with Crippen LogP contribution in [0.25, 0.3) is 0 Å². The summed E-state index contributed by atoms with van der Waals surface area (Å²) in [6.45, 7) is 0. The molecular formula is C23H31N7O6S. The second-order valence-electron chi connectivity index (χ2n) is 8.29. The minimum Gasteiger partial charge on any atom is -0.480 e. The number of rotatable bonds is 15. The molecule has 14 heteroatoms. The van der Waals surface area contributed by atoms with Gasteiger partial charge in [0.25, 0.3) is 0 Å². The molecule has 4 atom stereocenters. The molecule has 0 spiro atoms. The molecule has 2 aromatic rings. The first kappa shape index (κ1) is 29.3. The average Bonchev–Trinajstić information content (AvgIpc) is 3.37. The third kappa shape index (κ3) is 9.93. The fourth-order valence-electron chi connectivity index (χ4n) is 3.35. The zero-order valence-corrected chi connectivity index (χ0v) is 20.8. The number of aliphatic carboxylic acids is 1. The average molecular weight is 534 g/mol. The molecule has 2 rings (SSSR count). The molecule has 9 N–H and O–H groups in total. The number of nitrogens with two attached hydrogens (primary N) is 2. The van der Waals surface area contributed by atoms with Gasteiger partial charge < -0.3 is 37.5 Å². The number of H-pyrrole nitrogens is 1. The van der Waals surface area contributed by atoms with Crippen molar-refractivity contribution < 1.29 is 29.1 Å². The van der Waals surface area contributed by atoms with Gasteiger partial charge in [0, 0.05) is 36.9 Å². The molecule has 0 aliphatic rings. The van der Waals surface area contributed by atoms with Crippen LogP contribution in [0.3, 0.4) is 0 Å². The predicted octanol–water partition coefficient (Wildman–Crippen LogP) is -1.74. The van der Waals surface area contributed by atoms with Crippen molar-refractivity contribution in [1.29, 1.82) is 0 Å². The molecule has 13 nitrogen and oxygen atoms in total. The van der Waals surface area contributed by atoms with Crippen LogP contribution in [0.5, 0.6) is 0 Å². The fraction of sp³-hybridized carbons (Fsp3) is 0.391. The Morgan fingerprint density at radius 3 is 2.14 bits per heavy atom. The number of hydrogen-bond acceptors (Lipinski definition) is 8. The lowest BCUT2D eigenvalue weighted by Crippen LogP contribution is -2.58. The summed E-state index contributed by atoms with van der Waals surface area (Å²) in [7, 11) is 0. The molecule has 0 fully saturated rings. The van der Waals surface area contributed by atoms with Crippen LogP contribution in [0.1, 0.15) is 24.1 Å². The van der Waals surface area contributed by atoms with Gasteiger partial charge in [-0.3, -0.25) is 19.2 Å². The molecule has 1 aromatic carbocycles. The Kier molecular flexibility index (Phi) is 11.6. The molecule has 0 aliphatic heterocycles. The molecule has 0 saturated heterocycles. The van der Waals surface area contributed by atoms with Gasteiger partial charge in [0.1, 0.15) is 18.1 Å². The number of primary amides is 1. The van der Waals surface area contributed by atoms with Crippen LogP contribution >= 0.6 is 12.6 Å². The second-order valence-corrected chi connectivity index (χ2v) is 8.65. The molecule has 1 heterocycles. The molecule has 0 bridgehead atoms. The molecule has 1 aromatic heterocycles. The molecule has 200 valence electrons. The number of aromatic amines is 1. The standard InChI is InChI=1S/C23H31N7O6S/c24-15(9-14-10-26-12-27-14)20(32)30-18(11-37)22(34)28-16(6-7-19(25)31)21(33)29-17(23(35)36)8-13-4-2-1-3-5-13/h1-5,10,12,15-18,37H,6-9,11,24H2,(H2,25,31)(H,26,27)(H,28,34)(H,29,33)(H,30,32)(H,35,36). The van der Waals surface area contributed by atoms with Gasteiger partial charge in [0.2, 0.25) is 23.6 Å². The van der Waals surface area contributed by atoms with Gasteiger partial charge in [-0.15, -0.1) is 0 Å². The zero-order chi connectivity index (χ0) is 27.4. The first-order valence-electron chi connectivity index (χ1n) is 11.4.